The zero-order valence-corrected chi connectivity index (χ0v) is 13.5. The molecule has 0 bridgehead atoms. The second-order valence-electron chi connectivity index (χ2n) is 4.67. The molecule has 1 aromatic heterocycles. The van der Waals surface area contributed by atoms with E-state index in [1.165, 1.54) is 4.68 Å². The van der Waals surface area contributed by atoms with E-state index in [4.69, 9.17) is 27.5 Å². The van der Waals surface area contributed by atoms with Crippen molar-refractivity contribution in [3.63, 3.8) is 0 Å². The highest BCUT2D eigenvalue weighted by atomic mass is 35.7. The minimum atomic E-state index is -4.00. The van der Waals surface area contributed by atoms with Crippen LogP contribution >= 0.6 is 22.3 Å². The molecule has 8 heteroatoms. The average molecular weight is 344 g/mol. The number of hydrogen-bond acceptors (Lipinski definition) is 4. The van der Waals surface area contributed by atoms with Gasteiger partial charge in [0.1, 0.15) is 4.90 Å². The molecule has 1 heterocycles. The number of rotatable bonds is 3. The summed E-state index contributed by atoms with van der Waals surface area (Å²) in [6.45, 7) is 3.60. The fourth-order valence-electron chi connectivity index (χ4n) is 1.85. The Morgan fingerprint density at radius 2 is 1.86 bits per heavy atom. The summed E-state index contributed by atoms with van der Waals surface area (Å²) >= 11 is 6.14. The first-order chi connectivity index (χ1) is 9.75. The molecule has 0 spiro atoms. The average Bonchev–Trinajstić information content (AvgIpc) is 2.76. The molecule has 0 fully saturated rings. The van der Waals surface area contributed by atoms with Gasteiger partial charge >= 0.3 is 0 Å². The summed E-state index contributed by atoms with van der Waals surface area (Å²) in [5.41, 5.74) is 1.34. The molecule has 1 aromatic carbocycles. The van der Waals surface area contributed by atoms with Crippen LogP contribution in [0.25, 0.3) is 5.69 Å². The lowest BCUT2D eigenvalue weighted by Crippen LogP contribution is -1.98. The van der Waals surface area contributed by atoms with Crippen LogP contribution in [0.3, 0.4) is 0 Å². The molecule has 2 aromatic rings. The van der Waals surface area contributed by atoms with Gasteiger partial charge in [-0.3, -0.25) is 0 Å². The normalized spacial score (nSPS) is 11.6. The molecule has 0 radical (unpaired) electrons. The first-order valence-electron chi connectivity index (χ1n) is 5.99. The van der Waals surface area contributed by atoms with Crippen molar-refractivity contribution in [3.8, 4) is 11.8 Å². The van der Waals surface area contributed by atoms with Crippen LogP contribution in [0.2, 0.25) is 5.15 Å². The monoisotopic (exact) mass is 343 g/mol. The maximum Gasteiger partial charge on any atom is 0.266 e. The number of halogens is 2. The van der Waals surface area contributed by atoms with E-state index < -0.39 is 9.05 Å². The van der Waals surface area contributed by atoms with E-state index in [1.807, 2.05) is 6.07 Å². The number of benzene rings is 1. The Bertz CT molecular complexity index is 818. The van der Waals surface area contributed by atoms with Gasteiger partial charge in [-0.15, -0.1) is 0 Å². The Labute approximate surface area is 132 Å². The molecule has 0 aliphatic carbocycles. The van der Waals surface area contributed by atoms with Crippen LogP contribution in [0.4, 0.5) is 0 Å². The summed E-state index contributed by atoms with van der Waals surface area (Å²) in [4.78, 5) is -0.176. The topological polar surface area (TPSA) is 75.8 Å². The molecule has 2 rings (SSSR count). The van der Waals surface area contributed by atoms with Crippen molar-refractivity contribution in [1.82, 2.24) is 9.78 Å². The Hall–Kier alpha value is -1.55. The molecular formula is C13H11Cl2N3O2S. The molecule has 0 amide bonds. The minimum absolute atomic E-state index is 0.0709. The maximum atomic E-state index is 11.7. The highest BCUT2D eigenvalue weighted by Crippen LogP contribution is 2.34. The largest absolute Gasteiger partial charge is 0.266 e. The van der Waals surface area contributed by atoms with Crippen LogP contribution in [0.5, 0.6) is 0 Å². The van der Waals surface area contributed by atoms with Gasteiger partial charge in [0.25, 0.3) is 9.05 Å². The van der Waals surface area contributed by atoms with Gasteiger partial charge in [0, 0.05) is 10.7 Å². The van der Waals surface area contributed by atoms with Crippen molar-refractivity contribution in [2.45, 2.75) is 24.7 Å². The summed E-state index contributed by atoms with van der Waals surface area (Å²) < 4.78 is 24.7. The van der Waals surface area contributed by atoms with Crippen LogP contribution in [0, 0.1) is 11.3 Å². The molecule has 110 valence electrons. The van der Waals surface area contributed by atoms with E-state index in [1.54, 1.807) is 38.1 Å². The number of nitrogens with zero attached hydrogens (tertiary/aromatic N) is 3. The van der Waals surface area contributed by atoms with Crippen molar-refractivity contribution >= 4 is 31.3 Å². The summed E-state index contributed by atoms with van der Waals surface area (Å²) in [7, 11) is 1.45. The van der Waals surface area contributed by atoms with Crippen molar-refractivity contribution in [2.75, 3.05) is 0 Å². The summed E-state index contributed by atoms with van der Waals surface area (Å²) in [5, 5.41) is 13.0. The van der Waals surface area contributed by atoms with Gasteiger partial charge in [-0.1, -0.05) is 25.4 Å². The van der Waals surface area contributed by atoms with Crippen molar-refractivity contribution < 1.29 is 8.42 Å². The number of hydrogen-bond donors (Lipinski definition) is 0. The summed E-state index contributed by atoms with van der Waals surface area (Å²) in [6.07, 6.45) is 0. The van der Waals surface area contributed by atoms with Crippen LogP contribution in [0.1, 0.15) is 31.0 Å². The van der Waals surface area contributed by atoms with E-state index in [0.29, 0.717) is 16.9 Å². The summed E-state index contributed by atoms with van der Waals surface area (Å²) in [5.74, 6) is -0.161. The predicted molar refractivity (Wildman–Crippen MR) is 80.4 cm³/mol. The van der Waals surface area contributed by atoms with E-state index in [0.717, 1.165) is 0 Å². The predicted octanol–water partition coefficient (Wildman–Crippen LogP) is 3.45. The molecule has 21 heavy (non-hydrogen) atoms. The molecule has 0 N–H and O–H groups in total. The third kappa shape index (κ3) is 3.05. The zero-order chi connectivity index (χ0) is 15.8. The van der Waals surface area contributed by atoms with Gasteiger partial charge in [-0.25, -0.2) is 13.1 Å². The van der Waals surface area contributed by atoms with Crippen molar-refractivity contribution in [1.29, 1.82) is 5.26 Å². The van der Waals surface area contributed by atoms with Gasteiger partial charge in [-0.2, -0.15) is 10.4 Å². The second-order valence-corrected chi connectivity index (χ2v) is 7.53. The van der Waals surface area contributed by atoms with E-state index >= 15 is 0 Å². The Kier molecular flexibility index (Phi) is 4.28. The Morgan fingerprint density at radius 3 is 2.24 bits per heavy atom. The number of nitriles is 1. The van der Waals surface area contributed by atoms with Gasteiger partial charge < -0.3 is 0 Å². The van der Waals surface area contributed by atoms with Crippen LogP contribution in [-0.2, 0) is 9.05 Å². The van der Waals surface area contributed by atoms with Gasteiger partial charge in [-0.05, 0) is 30.2 Å². The lowest BCUT2D eigenvalue weighted by atomic mass is 10.1. The van der Waals surface area contributed by atoms with Crippen molar-refractivity contribution in [2.24, 2.45) is 0 Å². The van der Waals surface area contributed by atoms with E-state index in [9.17, 15) is 8.42 Å². The molecule has 0 unspecified atom stereocenters. The Balaban J connectivity index is 2.68. The SMILES string of the molecule is CC(C)c1nn(-c2ccc(C#N)cc2)c(Cl)c1S(=O)(=O)Cl. The second kappa shape index (κ2) is 5.68. The van der Waals surface area contributed by atoms with E-state index in [-0.39, 0.29) is 16.0 Å². The lowest BCUT2D eigenvalue weighted by molar-refractivity contribution is 0.607. The highest BCUT2D eigenvalue weighted by molar-refractivity contribution is 8.13. The Morgan fingerprint density at radius 1 is 1.29 bits per heavy atom. The zero-order valence-electron chi connectivity index (χ0n) is 11.2. The number of aromatic nitrogens is 2. The molecule has 0 atom stereocenters. The molecular weight excluding hydrogens is 333 g/mol. The molecule has 5 nitrogen and oxygen atoms in total. The van der Waals surface area contributed by atoms with Crippen LogP contribution in [0.15, 0.2) is 29.2 Å². The molecule has 0 aliphatic heterocycles. The van der Waals surface area contributed by atoms with Crippen molar-refractivity contribution in [3.05, 3.63) is 40.7 Å². The smallest absolute Gasteiger partial charge is 0.220 e. The lowest BCUT2D eigenvalue weighted by Gasteiger charge is -2.02. The third-order valence-corrected chi connectivity index (χ3v) is 4.66. The highest BCUT2D eigenvalue weighted by Gasteiger charge is 2.28. The first kappa shape index (κ1) is 15.8. The van der Waals surface area contributed by atoms with Gasteiger partial charge in [0.05, 0.1) is 23.0 Å². The fourth-order valence-corrected chi connectivity index (χ4v) is 3.78. The minimum Gasteiger partial charge on any atom is -0.220 e. The first-order valence-corrected chi connectivity index (χ1v) is 8.68. The molecule has 0 aliphatic rings. The van der Waals surface area contributed by atoms with Crippen LogP contribution < -0.4 is 0 Å². The quantitative estimate of drug-likeness (QED) is 0.799. The van der Waals surface area contributed by atoms with Gasteiger partial charge in [0.2, 0.25) is 0 Å². The maximum absolute atomic E-state index is 11.7. The van der Waals surface area contributed by atoms with Crippen LogP contribution in [-0.4, -0.2) is 18.2 Å². The molecule has 0 saturated carbocycles. The standard InChI is InChI=1S/C13H11Cl2N3O2S/c1-8(2)11-12(21(15,19)20)13(14)18(17-11)10-5-3-9(7-16)4-6-10/h3-6,8H,1-2H3. The van der Waals surface area contributed by atoms with Gasteiger partial charge in [0.15, 0.2) is 5.15 Å². The fraction of sp³-hybridized carbons (Fsp3) is 0.231. The molecule has 0 saturated heterocycles. The summed E-state index contributed by atoms with van der Waals surface area (Å²) in [6, 6.07) is 8.45. The van der Waals surface area contributed by atoms with E-state index in [2.05, 4.69) is 5.10 Å². The third-order valence-electron chi connectivity index (χ3n) is 2.85.